The van der Waals surface area contributed by atoms with Crippen molar-refractivity contribution in [3.05, 3.63) is 46.3 Å². The minimum atomic E-state index is -0.219. The molecule has 0 saturated heterocycles. The highest BCUT2D eigenvalue weighted by molar-refractivity contribution is 6.30. The fraction of sp³-hybridized carbons (Fsp3) is 0.450. The van der Waals surface area contributed by atoms with Crippen LogP contribution in [0.1, 0.15) is 47.5 Å². The van der Waals surface area contributed by atoms with Crippen LogP contribution in [-0.2, 0) is 17.8 Å². The summed E-state index contributed by atoms with van der Waals surface area (Å²) >= 11 is 5.85. The summed E-state index contributed by atoms with van der Waals surface area (Å²) in [6, 6.07) is 7.06. The molecule has 1 aliphatic heterocycles. The Bertz CT molecular complexity index is 859. The first-order chi connectivity index (χ1) is 13.6. The Balaban J connectivity index is 1.38. The Labute approximate surface area is 168 Å². The second-order valence-corrected chi connectivity index (χ2v) is 7.63. The molecule has 0 unspecified atom stereocenters. The van der Waals surface area contributed by atoms with Crippen molar-refractivity contribution >= 4 is 23.4 Å². The number of nitrogens with one attached hydrogen (secondary N) is 1. The molecule has 8 heteroatoms. The molecule has 1 aromatic carbocycles. The third-order valence-corrected chi connectivity index (χ3v) is 5.51. The summed E-state index contributed by atoms with van der Waals surface area (Å²) in [6.07, 6.45) is 4.80. The van der Waals surface area contributed by atoms with Crippen LogP contribution in [0.2, 0.25) is 5.02 Å². The van der Waals surface area contributed by atoms with Gasteiger partial charge in [-0.05, 0) is 37.1 Å². The van der Waals surface area contributed by atoms with E-state index in [2.05, 4.69) is 10.5 Å². The molecule has 1 aromatic heterocycles. The molecule has 0 spiro atoms. The predicted octanol–water partition coefficient (Wildman–Crippen LogP) is 2.96. The topological polar surface area (TPSA) is 84.7 Å². The Morgan fingerprint density at radius 1 is 1.25 bits per heavy atom. The van der Waals surface area contributed by atoms with E-state index >= 15 is 0 Å². The lowest BCUT2D eigenvalue weighted by molar-refractivity contribution is -0.134. The molecule has 28 heavy (non-hydrogen) atoms. The van der Waals surface area contributed by atoms with E-state index in [0.29, 0.717) is 41.6 Å². The number of halogens is 1. The second kappa shape index (κ2) is 8.22. The van der Waals surface area contributed by atoms with Gasteiger partial charge in [-0.1, -0.05) is 29.6 Å². The van der Waals surface area contributed by atoms with Gasteiger partial charge in [0.05, 0.1) is 6.54 Å². The number of fused-ring (bicyclic) bond motifs is 1. The third kappa shape index (κ3) is 4.14. The fourth-order valence-electron chi connectivity index (χ4n) is 3.69. The predicted molar refractivity (Wildman–Crippen MR) is 102 cm³/mol. The molecular weight excluding hydrogens is 382 g/mol. The smallest absolute Gasteiger partial charge is 0.274 e. The maximum atomic E-state index is 12.6. The fourth-order valence-corrected chi connectivity index (χ4v) is 3.82. The summed E-state index contributed by atoms with van der Waals surface area (Å²) in [5, 5.41) is 7.60. The maximum Gasteiger partial charge on any atom is 0.274 e. The van der Waals surface area contributed by atoms with Gasteiger partial charge < -0.3 is 19.5 Å². The summed E-state index contributed by atoms with van der Waals surface area (Å²) in [5.74, 6) is 0.892. The molecule has 2 heterocycles. The molecule has 0 atom stereocenters. The molecule has 1 aliphatic carbocycles. The third-order valence-electron chi connectivity index (χ3n) is 5.26. The van der Waals surface area contributed by atoms with E-state index in [-0.39, 0.29) is 30.2 Å². The van der Waals surface area contributed by atoms with Crippen molar-refractivity contribution in [2.75, 3.05) is 13.2 Å². The Hall–Kier alpha value is -2.54. The van der Waals surface area contributed by atoms with Crippen LogP contribution >= 0.6 is 11.6 Å². The zero-order valence-corrected chi connectivity index (χ0v) is 16.2. The first-order valence-electron chi connectivity index (χ1n) is 9.54. The number of carbonyl (C=O) groups excluding carboxylic acids is 2. The van der Waals surface area contributed by atoms with Crippen LogP contribution < -0.4 is 10.1 Å². The average Bonchev–Trinajstić information content (AvgIpc) is 3.36. The van der Waals surface area contributed by atoms with E-state index in [9.17, 15) is 9.59 Å². The highest BCUT2D eigenvalue weighted by atomic mass is 35.5. The van der Waals surface area contributed by atoms with Gasteiger partial charge in [0.2, 0.25) is 0 Å². The highest BCUT2D eigenvalue weighted by Crippen LogP contribution is 2.24. The first kappa shape index (κ1) is 18.8. The molecule has 148 valence electrons. The molecule has 1 fully saturated rings. The van der Waals surface area contributed by atoms with Crippen molar-refractivity contribution < 1.29 is 18.8 Å². The molecule has 1 saturated carbocycles. The van der Waals surface area contributed by atoms with E-state index in [4.69, 9.17) is 20.9 Å². The number of benzene rings is 1. The minimum absolute atomic E-state index is 0.0775. The van der Waals surface area contributed by atoms with Crippen molar-refractivity contribution in [2.45, 2.75) is 44.7 Å². The number of hydrogen-bond acceptors (Lipinski definition) is 5. The number of ether oxygens (including phenoxy) is 1. The first-order valence-corrected chi connectivity index (χ1v) is 9.92. The summed E-state index contributed by atoms with van der Waals surface area (Å²) < 4.78 is 10.9. The number of carbonyl (C=O) groups is 2. The Morgan fingerprint density at radius 2 is 2.00 bits per heavy atom. The average molecular weight is 404 g/mol. The molecule has 0 bridgehead atoms. The number of amides is 2. The number of rotatable bonds is 5. The molecule has 0 radical (unpaired) electrons. The van der Waals surface area contributed by atoms with Crippen LogP contribution in [-0.4, -0.2) is 41.1 Å². The Kier molecular flexibility index (Phi) is 5.52. The van der Waals surface area contributed by atoms with Crippen LogP contribution in [0.5, 0.6) is 5.75 Å². The van der Waals surface area contributed by atoms with Gasteiger partial charge in [-0.25, -0.2) is 0 Å². The minimum Gasteiger partial charge on any atom is -0.484 e. The normalized spacial score (nSPS) is 16.7. The van der Waals surface area contributed by atoms with Crippen LogP contribution in [0.4, 0.5) is 0 Å². The lowest BCUT2D eigenvalue weighted by Gasteiger charge is -2.26. The van der Waals surface area contributed by atoms with Crippen LogP contribution in [0, 0.1) is 0 Å². The monoisotopic (exact) mass is 403 g/mol. The summed E-state index contributed by atoms with van der Waals surface area (Å²) in [4.78, 5) is 26.8. The summed E-state index contributed by atoms with van der Waals surface area (Å²) in [5.41, 5.74) is 0.986. The molecule has 7 nitrogen and oxygen atoms in total. The van der Waals surface area contributed by atoms with Gasteiger partial charge in [0, 0.05) is 29.6 Å². The van der Waals surface area contributed by atoms with Gasteiger partial charge >= 0.3 is 0 Å². The van der Waals surface area contributed by atoms with E-state index in [1.807, 2.05) is 0 Å². The summed E-state index contributed by atoms with van der Waals surface area (Å²) in [6.45, 7) is 0.732. The Morgan fingerprint density at radius 3 is 2.75 bits per heavy atom. The lowest BCUT2D eigenvalue weighted by atomic mass is 10.1. The second-order valence-electron chi connectivity index (χ2n) is 7.20. The SMILES string of the molecule is O=C(NC1CCCC1)c1noc2c1CN(C(=O)COc1ccc(Cl)cc1)CC2. The summed E-state index contributed by atoms with van der Waals surface area (Å²) in [7, 11) is 0. The molecule has 4 rings (SSSR count). The van der Waals surface area contributed by atoms with E-state index in [1.54, 1.807) is 29.2 Å². The van der Waals surface area contributed by atoms with Crippen molar-refractivity contribution in [1.82, 2.24) is 15.4 Å². The largest absolute Gasteiger partial charge is 0.484 e. The van der Waals surface area contributed by atoms with E-state index in [1.165, 1.54) is 0 Å². The molecular formula is C20H22ClN3O4. The van der Waals surface area contributed by atoms with Gasteiger partial charge in [-0.2, -0.15) is 0 Å². The zero-order chi connectivity index (χ0) is 19.5. The van der Waals surface area contributed by atoms with Gasteiger partial charge in [-0.15, -0.1) is 0 Å². The van der Waals surface area contributed by atoms with Gasteiger partial charge in [-0.3, -0.25) is 9.59 Å². The zero-order valence-electron chi connectivity index (χ0n) is 15.4. The maximum absolute atomic E-state index is 12.6. The van der Waals surface area contributed by atoms with Crippen molar-refractivity contribution in [2.24, 2.45) is 0 Å². The van der Waals surface area contributed by atoms with E-state index < -0.39 is 0 Å². The standard InChI is InChI=1S/C20H22ClN3O4/c21-13-5-7-15(8-6-13)27-12-18(25)24-10-9-17-16(11-24)19(23-28-17)20(26)22-14-3-1-2-4-14/h5-8,14H,1-4,9-12H2,(H,22,26). The number of hydrogen-bond donors (Lipinski definition) is 1. The molecule has 2 amide bonds. The van der Waals surface area contributed by atoms with Crippen LogP contribution in [0.25, 0.3) is 0 Å². The van der Waals surface area contributed by atoms with Crippen molar-refractivity contribution in [3.63, 3.8) is 0 Å². The molecule has 1 N–H and O–H groups in total. The van der Waals surface area contributed by atoms with Gasteiger partial charge in [0.25, 0.3) is 11.8 Å². The van der Waals surface area contributed by atoms with Crippen molar-refractivity contribution in [1.29, 1.82) is 0 Å². The van der Waals surface area contributed by atoms with Gasteiger partial charge in [0.1, 0.15) is 11.5 Å². The van der Waals surface area contributed by atoms with Gasteiger partial charge in [0.15, 0.2) is 12.3 Å². The lowest BCUT2D eigenvalue weighted by Crippen LogP contribution is -2.40. The van der Waals surface area contributed by atoms with E-state index in [0.717, 1.165) is 25.7 Å². The van der Waals surface area contributed by atoms with Crippen LogP contribution in [0.3, 0.4) is 0 Å². The molecule has 2 aliphatic rings. The number of aromatic nitrogens is 1. The van der Waals surface area contributed by atoms with Crippen molar-refractivity contribution in [3.8, 4) is 5.75 Å². The molecule has 2 aromatic rings. The quantitative estimate of drug-likeness (QED) is 0.829. The number of nitrogens with zero attached hydrogens (tertiary/aromatic N) is 2. The van der Waals surface area contributed by atoms with Crippen LogP contribution in [0.15, 0.2) is 28.8 Å². The highest BCUT2D eigenvalue weighted by Gasteiger charge is 2.30.